The van der Waals surface area contributed by atoms with Crippen LogP contribution >= 0.6 is 23.5 Å². The van der Waals surface area contributed by atoms with E-state index >= 15 is 0 Å². The van der Waals surface area contributed by atoms with Gasteiger partial charge in [-0.25, -0.2) is 0 Å². The fourth-order valence-electron chi connectivity index (χ4n) is 8.37. The molecule has 0 aromatic heterocycles. The number of nitrogens with zero attached hydrogens (tertiary/aromatic N) is 1. The van der Waals surface area contributed by atoms with Crippen molar-refractivity contribution in [1.29, 1.82) is 0 Å². The summed E-state index contributed by atoms with van der Waals surface area (Å²) in [5.74, 6) is -1.92. The van der Waals surface area contributed by atoms with Gasteiger partial charge < -0.3 is 36.8 Å². The Hall–Kier alpha value is -4.94. The van der Waals surface area contributed by atoms with Crippen LogP contribution in [0.3, 0.4) is 0 Å². The highest BCUT2D eigenvalue weighted by molar-refractivity contribution is 8.01. The number of rotatable bonds is 20. The first-order chi connectivity index (χ1) is 31.2. The SMILES string of the molecule is CC1(C)S[C@H](C(NC(=O)Cc2ccccc2)C(=O)NCCN2CCCCC2)N[C@H]1C(=O)NCCNC(=O)[C@@H]1N[C@@H](C(NC(=O)Cc2ccccc2)C(=O)NCc2ccccc2)SC1(C)C. The van der Waals surface area contributed by atoms with Gasteiger partial charge in [0.1, 0.15) is 24.2 Å². The first-order valence-electron chi connectivity index (χ1n) is 22.6. The monoisotopic (exact) mass is 927 g/mol. The van der Waals surface area contributed by atoms with Gasteiger partial charge in [-0.1, -0.05) is 97.4 Å². The molecule has 17 heteroatoms. The van der Waals surface area contributed by atoms with E-state index in [1.54, 1.807) is 0 Å². The lowest BCUT2D eigenvalue weighted by Crippen LogP contribution is -2.59. The van der Waals surface area contributed by atoms with Crippen LogP contribution in [0.5, 0.6) is 0 Å². The van der Waals surface area contributed by atoms with Crippen molar-refractivity contribution in [1.82, 2.24) is 47.4 Å². The van der Waals surface area contributed by atoms with E-state index in [2.05, 4.69) is 47.4 Å². The Kier molecular flexibility index (Phi) is 17.9. The number of carbonyl (C=O) groups excluding carboxylic acids is 6. The first kappa shape index (κ1) is 49.5. The summed E-state index contributed by atoms with van der Waals surface area (Å²) in [6.07, 6.45) is 3.71. The molecule has 3 aromatic carbocycles. The van der Waals surface area contributed by atoms with Gasteiger partial charge in [0.25, 0.3) is 0 Å². The van der Waals surface area contributed by atoms with Crippen molar-refractivity contribution in [3.05, 3.63) is 108 Å². The summed E-state index contributed by atoms with van der Waals surface area (Å²) >= 11 is 2.83. The molecule has 6 atom stereocenters. The second kappa shape index (κ2) is 23.5. The third kappa shape index (κ3) is 14.5. The second-order valence-corrected chi connectivity index (χ2v) is 21.5. The number of piperidine rings is 1. The Morgan fingerprint density at radius 3 is 1.43 bits per heavy atom. The molecule has 3 aliphatic heterocycles. The summed E-state index contributed by atoms with van der Waals surface area (Å²) in [7, 11) is 0. The summed E-state index contributed by atoms with van der Waals surface area (Å²) in [4.78, 5) is 84.0. The van der Waals surface area contributed by atoms with Crippen molar-refractivity contribution < 1.29 is 28.8 Å². The predicted octanol–water partition coefficient (Wildman–Crippen LogP) is 2.21. The molecule has 350 valence electrons. The molecule has 0 bridgehead atoms. The smallest absolute Gasteiger partial charge is 0.245 e. The lowest BCUT2D eigenvalue weighted by Gasteiger charge is -2.28. The van der Waals surface area contributed by atoms with Gasteiger partial charge >= 0.3 is 0 Å². The number of amides is 6. The second-order valence-electron chi connectivity index (χ2n) is 17.9. The molecule has 6 amide bonds. The van der Waals surface area contributed by atoms with Crippen LogP contribution in [-0.2, 0) is 48.2 Å². The molecule has 2 unspecified atom stereocenters. The van der Waals surface area contributed by atoms with E-state index in [-0.39, 0.29) is 67.9 Å². The molecule has 6 rings (SSSR count). The summed E-state index contributed by atoms with van der Waals surface area (Å²) < 4.78 is -1.32. The number of hydrogen-bond donors (Lipinski definition) is 8. The minimum atomic E-state index is -0.984. The molecule has 3 aromatic rings. The van der Waals surface area contributed by atoms with E-state index in [4.69, 9.17) is 0 Å². The highest BCUT2D eigenvalue weighted by atomic mass is 32.2. The Morgan fingerprint density at radius 1 is 0.569 bits per heavy atom. The molecule has 0 radical (unpaired) electrons. The third-order valence-electron chi connectivity index (χ3n) is 11.9. The van der Waals surface area contributed by atoms with Gasteiger partial charge in [-0.05, 0) is 70.3 Å². The summed E-state index contributed by atoms with van der Waals surface area (Å²) in [6.45, 7) is 11.4. The van der Waals surface area contributed by atoms with Gasteiger partial charge in [-0.2, -0.15) is 0 Å². The molecule has 3 saturated heterocycles. The Labute approximate surface area is 391 Å². The zero-order valence-electron chi connectivity index (χ0n) is 37.8. The van der Waals surface area contributed by atoms with Gasteiger partial charge in [0.05, 0.1) is 23.6 Å². The molecular weight excluding hydrogens is 863 g/mol. The van der Waals surface area contributed by atoms with E-state index in [1.165, 1.54) is 29.9 Å². The van der Waals surface area contributed by atoms with E-state index in [0.717, 1.165) is 49.2 Å². The number of thioether (sulfide) groups is 2. The van der Waals surface area contributed by atoms with Gasteiger partial charge in [0.2, 0.25) is 35.4 Å². The number of nitrogens with one attached hydrogen (secondary N) is 8. The van der Waals surface area contributed by atoms with Crippen molar-refractivity contribution in [2.75, 3.05) is 39.3 Å². The van der Waals surface area contributed by atoms with Gasteiger partial charge in [-0.15, -0.1) is 23.5 Å². The van der Waals surface area contributed by atoms with Crippen molar-refractivity contribution in [3.63, 3.8) is 0 Å². The lowest BCUT2D eigenvalue weighted by molar-refractivity contribution is -0.129. The fraction of sp³-hybridized carbons (Fsp3) is 0.500. The summed E-state index contributed by atoms with van der Waals surface area (Å²) in [5, 5.41) is 23.2. The van der Waals surface area contributed by atoms with Gasteiger partial charge in [0, 0.05) is 42.2 Å². The third-order valence-corrected chi connectivity index (χ3v) is 14.9. The van der Waals surface area contributed by atoms with Crippen LogP contribution in [0.15, 0.2) is 91.0 Å². The molecule has 0 spiro atoms. The maximum absolute atomic E-state index is 13.8. The Bertz CT molecular complexity index is 2070. The molecule has 3 fully saturated rings. The molecule has 3 aliphatic rings. The number of carbonyl (C=O) groups is 6. The van der Waals surface area contributed by atoms with E-state index in [1.807, 2.05) is 119 Å². The van der Waals surface area contributed by atoms with E-state index in [0.29, 0.717) is 6.54 Å². The van der Waals surface area contributed by atoms with Crippen molar-refractivity contribution >= 4 is 59.0 Å². The van der Waals surface area contributed by atoms with Crippen molar-refractivity contribution in [3.8, 4) is 0 Å². The average Bonchev–Trinajstić information content (AvgIpc) is 3.80. The van der Waals surface area contributed by atoms with Crippen LogP contribution in [0, 0.1) is 0 Å². The number of likely N-dealkylation sites (tertiary alicyclic amines) is 1. The summed E-state index contributed by atoms with van der Waals surface area (Å²) in [6, 6.07) is 24.7. The molecule has 8 N–H and O–H groups in total. The highest BCUT2D eigenvalue weighted by Crippen LogP contribution is 2.40. The molecule has 15 nitrogen and oxygen atoms in total. The van der Waals surface area contributed by atoms with E-state index < -0.39 is 44.4 Å². The molecular formula is C48H65N9O6S2. The maximum Gasteiger partial charge on any atom is 0.245 e. The van der Waals surface area contributed by atoms with Crippen LogP contribution in [0.2, 0.25) is 0 Å². The Balaban J connectivity index is 1.02. The molecule has 65 heavy (non-hydrogen) atoms. The largest absolute Gasteiger partial charge is 0.353 e. The Morgan fingerprint density at radius 2 is 0.985 bits per heavy atom. The van der Waals surface area contributed by atoms with Crippen molar-refractivity contribution in [2.24, 2.45) is 0 Å². The van der Waals surface area contributed by atoms with Gasteiger partial charge in [-0.3, -0.25) is 39.4 Å². The van der Waals surface area contributed by atoms with Crippen LogP contribution in [-0.4, -0.2) is 124 Å². The topological polar surface area (TPSA) is 202 Å². The number of hydrogen-bond acceptors (Lipinski definition) is 11. The average molecular weight is 928 g/mol. The molecule has 3 heterocycles. The fourth-order valence-corrected chi connectivity index (χ4v) is 11.4. The van der Waals surface area contributed by atoms with Crippen LogP contribution in [0.25, 0.3) is 0 Å². The first-order valence-corrected chi connectivity index (χ1v) is 24.4. The molecule has 0 saturated carbocycles. The van der Waals surface area contributed by atoms with Crippen LogP contribution in [0.4, 0.5) is 0 Å². The zero-order valence-corrected chi connectivity index (χ0v) is 39.5. The lowest BCUT2D eigenvalue weighted by atomic mass is 10.0. The zero-order chi connectivity index (χ0) is 46.4. The predicted molar refractivity (Wildman–Crippen MR) is 257 cm³/mol. The minimum Gasteiger partial charge on any atom is -0.353 e. The highest BCUT2D eigenvalue weighted by Gasteiger charge is 2.50. The quantitative estimate of drug-likeness (QED) is 0.0773. The number of benzene rings is 3. The van der Waals surface area contributed by atoms with Crippen LogP contribution < -0.4 is 42.5 Å². The van der Waals surface area contributed by atoms with Crippen molar-refractivity contribution in [2.45, 2.75) is 111 Å². The van der Waals surface area contributed by atoms with Gasteiger partial charge in [0.15, 0.2) is 0 Å². The van der Waals surface area contributed by atoms with E-state index in [9.17, 15) is 28.8 Å². The minimum absolute atomic E-state index is 0.0901. The normalized spacial score (nSPS) is 22.2. The standard InChI is InChI=1S/C48H65N9O6S2/c1-47(2)39(55-45(64-47)37(53-35(58)29-32-17-9-5-10-18-32)41(60)51-25-28-57-26-15-8-16-27-57)43(62)49-23-24-50-44(63)40-48(3,4)65-46(56-40)38(42(61)52-31-34-21-13-7-14-22-34)54-36(59)30-33-19-11-6-12-20-33/h5-7,9-14,17-22,37-40,45-46,55-56H,8,15-16,23-31H2,1-4H3,(H,49,62)(H,50,63)(H,51,60)(H,52,61)(H,53,58)(H,54,59)/t37?,38?,39-,40-,45+,46+/m0/s1. The van der Waals surface area contributed by atoms with Crippen LogP contribution in [0.1, 0.15) is 63.6 Å². The summed E-state index contributed by atoms with van der Waals surface area (Å²) in [5.41, 5.74) is 2.54. The maximum atomic E-state index is 13.8. The molecule has 0 aliphatic carbocycles.